The zero-order chi connectivity index (χ0) is 13.7. The van der Waals surface area contributed by atoms with E-state index in [0.717, 1.165) is 12.5 Å². The Morgan fingerprint density at radius 3 is 2.74 bits per heavy atom. The summed E-state index contributed by atoms with van der Waals surface area (Å²) in [6.07, 6.45) is 4.24. The first-order chi connectivity index (χ1) is 8.92. The van der Waals surface area contributed by atoms with Crippen molar-refractivity contribution in [1.82, 2.24) is 5.32 Å². The van der Waals surface area contributed by atoms with Gasteiger partial charge in [0.15, 0.2) is 0 Å². The molecule has 104 valence electrons. The molecule has 2 saturated carbocycles. The fourth-order valence-corrected chi connectivity index (χ4v) is 5.12. The maximum atomic E-state index is 3.87. The molecule has 1 unspecified atom stereocenters. The Kier molecular flexibility index (Phi) is 3.30. The van der Waals surface area contributed by atoms with Crippen molar-refractivity contribution in [2.24, 2.45) is 16.7 Å². The van der Waals surface area contributed by atoms with Gasteiger partial charge in [-0.05, 0) is 53.7 Å². The normalized spacial score (nSPS) is 35.8. The molecule has 1 nitrogen and oxygen atoms in total. The average molecular weight is 322 g/mol. The number of nitrogens with one attached hydrogen (secondary N) is 1. The highest BCUT2D eigenvalue weighted by atomic mass is 79.9. The van der Waals surface area contributed by atoms with Crippen LogP contribution in [0, 0.1) is 16.7 Å². The fourth-order valence-electron chi connectivity index (χ4n) is 4.68. The first-order valence-corrected chi connectivity index (χ1v) is 8.19. The summed E-state index contributed by atoms with van der Waals surface area (Å²) in [5.41, 5.74) is 2.33. The van der Waals surface area contributed by atoms with Crippen LogP contribution in [0.4, 0.5) is 0 Å². The summed E-state index contributed by atoms with van der Waals surface area (Å²) in [5.74, 6) is 0.914. The largest absolute Gasteiger partial charge is 0.309 e. The summed E-state index contributed by atoms with van der Waals surface area (Å²) in [7, 11) is 0. The minimum atomic E-state index is 0.443. The van der Waals surface area contributed by atoms with E-state index in [4.69, 9.17) is 0 Å². The Morgan fingerprint density at radius 2 is 2.11 bits per heavy atom. The molecule has 0 amide bonds. The average Bonchev–Trinajstić information content (AvgIpc) is 2.80. The first-order valence-electron chi connectivity index (χ1n) is 7.40. The van der Waals surface area contributed by atoms with E-state index in [1.54, 1.807) is 0 Å². The van der Waals surface area contributed by atoms with Gasteiger partial charge in [0.05, 0.1) is 0 Å². The molecule has 2 fully saturated rings. The van der Waals surface area contributed by atoms with E-state index in [2.05, 4.69) is 66.3 Å². The molecule has 1 aromatic rings. The van der Waals surface area contributed by atoms with E-state index < -0.39 is 0 Å². The zero-order valence-electron chi connectivity index (χ0n) is 12.2. The van der Waals surface area contributed by atoms with E-state index in [1.807, 2.05) is 0 Å². The van der Waals surface area contributed by atoms with Crippen molar-refractivity contribution < 1.29 is 0 Å². The molecular formula is C17H24BrN. The monoisotopic (exact) mass is 321 g/mol. The third-order valence-electron chi connectivity index (χ3n) is 5.67. The molecule has 1 aromatic carbocycles. The Balaban J connectivity index is 1.73. The van der Waals surface area contributed by atoms with Crippen LogP contribution in [0.2, 0.25) is 0 Å². The van der Waals surface area contributed by atoms with E-state index in [0.29, 0.717) is 16.9 Å². The second-order valence-corrected chi connectivity index (χ2v) is 8.27. The van der Waals surface area contributed by atoms with Crippen LogP contribution in [-0.2, 0) is 6.54 Å². The number of hydrogen-bond acceptors (Lipinski definition) is 1. The smallest absolute Gasteiger partial charge is 0.0208 e. The zero-order valence-corrected chi connectivity index (χ0v) is 13.8. The van der Waals surface area contributed by atoms with Gasteiger partial charge >= 0.3 is 0 Å². The van der Waals surface area contributed by atoms with Crippen LogP contribution in [0.15, 0.2) is 28.7 Å². The summed E-state index contributed by atoms with van der Waals surface area (Å²) in [5, 5.41) is 3.87. The number of benzene rings is 1. The van der Waals surface area contributed by atoms with Gasteiger partial charge in [0.25, 0.3) is 0 Å². The highest BCUT2D eigenvalue weighted by Crippen LogP contribution is 2.62. The summed E-state index contributed by atoms with van der Waals surface area (Å²) in [6.45, 7) is 8.39. The lowest BCUT2D eigenvalue weighted by Crippen LogP contribution is -2.49. The van der Waals surface area contributed by atoms with Gasteiger partial charge in [-0.2, -0.15) is 0 Å². The maximum absolute atomic E-state index is 3.87. The molecular weight excluding hydrogens is 298 g/mol. The summed E-state index contributed by atoms with van der Waals surface area (Å²) in [6, 6.07) is 9.29. The van der Waals surface area contributed by atoms with Crippen LogP contribution in [0.25, 0.3) is 0 Å². The van der Waals surface area contributed by atoms with Gasteiger partial charge < -0.3 is 5.32 Å². The number of rotatable bonds is 3. The van der Waals surface area contributed by atoms with Gasteiger partial charge in [0.2, 0.25) is 0 Å². The van der Waals surface area contributed by atoms with Crippen molar-refractivity contribution in [2.45, 2.75) is 52.6 Å². The van der Waals surface area contributed by atoms with Crippen molar-refractivity contribution in [3.05, 3.63) is 34.3 Å². The Hall–Kier alpha value is -0.340. The van der Waals surface area contributed by atoms with Gasteiger partial charge in [-0.25, -0.2) is 0 Å². The molecule has 0 spiro atoms. The lowest BCUT2D eigenvalue weighted by Gasteiger charge is -2.43. The molecule has 0 heterocycles. The molecule has 0 radical (unpaired) electrons. The van der Waals surface area contributed by atoms with Crippen molar-refractivity contribution in [1.29, 1.82) is 0 Å². The van der Waals surface area contributed by atoms with Crippen LogP contribution in [0.5, 0.6) is 0 Å². The van der Waals surface area contributed by atoms with E-state index in [9.17, 15) is 0 Å². The Morgan fingerprint density at radius 1 is 1.32 bits per heavy atom. The fraction of sp³-hybridized carbons (Fsp3) is 0.647. The Labute approximate surface area is 125 Å². The predicted octanol–water partition coefficient (Wildman–Crippen LogP) is 4.75. The molecule has 3 atom stereocenters. The second-order valence-electron chi connectivity index (χ2n) is 7.36. The Bertz CT molecular complexity index is 477. The van der Waals surface area contributed by atoms with Crippen molar-refractivity contribution in [3.8, 4) is 0 Å². The molecule has 2 aliphatic rings. The molecule has 2 aliphatic carbocycles. The van der Waals surface area contributed by atoms with Gasteiger partial charge in [0, 0.05) is 17.1 Å². The molecule has 0 aromatic heterocycles. The van der Waals surface area contributed by atoms with Crippen LogP contribution < -0.4 is 5.32 Å². The molecule has 19 heavy (non-hydrogen) atoms. The number of fused-ring (bicyclic) bond motifs is 2. The quantitative estimate of drug-likeness (QED) is 0.846. The van der Waals surface area contributed by atoms with Crippen molar-refractivity contribution in [3.63, 3.8) is 0 Å². The summed E-state index contributed by atoms with van der Waals surface area (Å²) in [4.78, 5) is 0. The van der Waals surface area contributed by atoms with E-state index in [1.165, 1.54) is 29.3 Å². The highest BCUT2D eigenvalue weighted by Gasteiger charge is 2.58. The standard InChI is InChI=1S/C17H24BrN/c1-16(2)13-7-8-17(3,10-13)15(16)19-11-12-5-4-6-14(18)9-12/h4-6,9,13,15,19H,7-8,10-11H2,1-3H3/t13-,15?,17+/m0/s1. The lowest BCUT2D eigenvalue weighted by atomic mass is 9.68. The maximum Gasteiger partial charge on any atom is 0.0208 e. The molecule has 2 heteroatoms. The number of hydrogen-bond donors (Lipinski definition) is 1. The SMILES string of the molecule is CC1(C)C(NCc2cccc(Br)c2)[C@]2(C)CC[C@H]1C2. The van der Waals surface area contributed by atoms with Gasteiger partial charge in [-0.3, -0.25) is 0 Å². The van der Waals surface area contributed by atoms with Crippen LogP contribution in [0.1, 0.15) is 45.6 Å². The number of halogens is 1. The molecule has 1 N–H and O–H groups in total. The summed E-state index contributed by atoms with van der Waals surface area (Å²) >= 11 is 3.55. The van der Waals surface area contributed by atoms with E-state index in [-0.39, 0.29) is 0 Å². The summed E-state index contributed by atoms with van der Waals surface area (Å²) < 4.78 is 1.17. The van der Waals surface area contributed by atoms with Crippen molar-refractivity contribution >= 4 is 15.9 Å². The third kappa shape index (κ3) is 2.27. The minimum Gasteiger partial charge on any atom is -0.309 e. The molecule has 0 saturated heterocycles. The van der Waals surface area contributed by atoms with Gasteiger partial charge in [-0.15, -0.1) is 0 Å². The van der Waals surface area contributed by atoms with Crippen LogP contribution >= 0.6 is 15.9 Å². The molecule has 3 rings (SSSR count). The van der Waals surface area contributed by atoms with Gasteiger partial charge in [-0.1, -0.05) is 48.8 Å². The molecule has 2 bridgehead atoms. The third-order valence-corrected chi connectivity index (χ3v) is 6.16. The lowest BCUT2D eigenvalue weighted by molar-refractivity contribution is 0.108. The highest BCUT2D eigenvalue weighted by molar-refractivity contribution is 9.10. The topological polar surface area (TPSA) is 12.0 Å². The van der Waals surface area contributed by atoms with Crippen LogP contribution in [-0.4, -0.2) is 6.04 Å². The van der Waals surface area contributed by atoms with Crippen LogP contribution in [0.3, 0.4) is 0 Å². The molecule has 0 aliphatic heterocycles. The van der Waals surface area contributed by atoms with E-state index >= 15 is 0 Å². The first kappa shape index (κ1) is 13.6. The van der Waals surface area contributed by atoms with Gasteiger partial charge in [0.1, 0.15) is 0 Å². The minimum absolute atomic E-state index is 0.443. The van der Waals surface area contributed by atoms with Crippen molar-refractivity contribution in [2.75, 3.05) is 0 Å². The predicted molar refractivity (Wildman–Crippen MR) is 84.0 cm³/mol. The second kappa shape index (κ2) is 4.60.